The zero-order chi connectivity index (χ0) is 23.0. The molecule has 1 unspecified atom stereocenters. The van der Waals surface area contributed by atoms with E-state index in [4.69, 9.17) is 14.2 Å². The summed E-state index contributed by atoms with van der Waals surface area (Å²) in [5.74, 6) is 1.74. The first kappa shape index (κ1) is 22.9. The van der Waals surface area contributed by atoms with Crippen molar-refractivity contribution in [2.24, 2.45) is 5.92 Å². The van der Waals surface area contributed by atoms with Crippen LogP contribution in [0.5, 0.6) is 17.2 Å². The van der Waals surface area contributed by atoms with Crippen molar-refractivity contribution in [3.05, 3.63) is 54.1 Å². The number of amides is 2. The Morgan fingerprint density at radius 2 is 1.85 bits per heavy atom. The molecule has 2 aromatic carbocycles. The van der Waals surface area contributed by atoms with Crippen molar-refractivity contribution in [2.45, 2.75) is 31.8 Å². The molecule has 0 radical (unpaired) electrons. The number of ether oxygens (including phenoxy) is 3. The molecule has 4 rings (SSSR count). The van der Waals surface area contributed by atoms with E-state index in [-0.39, 0.29) is 37.7 Å². The minimum absolute atomic E-state index is 0.0499. The normalized spacial score (nSPS) is 16.3. The summed E-state index contributed by atoms with van der Waals surface area (Å²) in [4.78, 5) is 26.8. The van der Waals surface area contributed by atoms with E-state index in [0.717, 1.165) is 12.0 Å². The lowest BCUT2D eigenvalue weighted by Crippen LogP contribution is -2.44. The number of hydrogen-bond donors (Lipinski definition) is 2. The van der Waals surface area contributed by atoms with Gasteiger partial charge in [-0.3, -0.25) is 9.59 Å². The summed E-state index contributed by atoms with van der Waals surface area (Å²) in [5.41, 5.74) is 1.15. The van der Waals surface area contributed by atoms with Crippen molar-refractivity contribution < 1.29 is 28.9 Å². The first-order valence-corrected chi connectivity index (χ1v) is 11.4. The van der Waals surface area contributed by atoms with Gasteiger partial charge in [-0.25, -0.2) is 0 Å². The molecular formula is C25H30N2O6. The molecule has 2 aromatic rings. The molecule has 2 amide bonds. The van der Waals surface area contributed by atoms with Crippen LogP contribution in [0.1, 0.15) is 24.8 Å². The predicted octanol–water partition coefficient (Wildman–Crippen LogP) is 2.14. The number of rotatable bonds is 9. The molecule has 1 atom stereocenters. The molecular weight excluding hydrogens is 424 g/mol. The SMILES string of the molecule is O=C(NCC(O)COc1ccc2c(c1)OCO2)C1CCN(C(=O)CCc2ccccc2)CC1. The Kier molecular flexibility index (Phi) is 7.67. The number of hydrogen-bond acceptors (Lipinski definition) is 6. The van der Waals surface area contributed by atoms with E-state index in [0.29, 0.717) is 49.6 Å². The van der Waals surface area contributed by atoms with Crippen LogP contribution in [0.3, 0.4) is 0 Å². The van der Waals surface area contributed by atoms with Gasteiger partial charge in [0.2, 0.25) is 18.6 Å². The highest BCUT2D eigenvalue weighted by Gasteiger charge is 2.27. The second-order valence-electron chi connectivity index (χ2n) is 8.37. The fraction of sp³-hybridized carbons (Fsp3) is 0.440. The highest BCUT2D eigenvalue weighted by molar-refractivity contribution is 5.80. The first-order chi connectivity index (χ1) is 16.1. The van der Waals surface area contributed by atoms with Gasteiger partial charge in [0.05, 0.1) is 0 Å². The van der Waals surface area contributed by atoms with Gasteiger partial charge in [-0.15, -0.1) is 0 Å². The number of carbonyl (C=O) groups excluding carboxylic acids is 2. The van der Waals surface area contributed by atoms with Gasteiger partial charge >= 0.3 is 0 Å². The lowest BCUT2D eigenvalue weighted by molar-refractivity contribution is -0.135. The zero-order valence-corrected chi connectivity index (χ0v) is 18.6. The zero-order valence-electron chi connectivity index (χ0n) is 18.6. The average molecular weight is 455 g/mol. The van der Waals surface area contributed by atoms with E-state index in [1.165, 1.54) is 0 Å². The van der Waals surface area contributed by atoms with Crippen LogP contribution in [0, 0.1) is 5.92 Å². The number of aliphatic hydroxyl groups excluding tert-OH is 1. The molecule has 0 aromatic heterocycles. The van der Waals surface area contributed by atoms with E-state index in [1.54, 1.807) is 18.2 Å². The molecule has 1 saturated heterocycles. The van der Waals surface area contributed by atoms with Crippen molar-refractivity contribution in [3.63, 3.8) is 0 Å². The number of benzene rings is 2. The smallest absolute Gasteiger partial charge is 0.231 e. The largest absolute Gasteiger partial charge is 0.491 e. The standard InChI is InChI=1S/C25H30N2O6/c28-20(16-31-21-7-8-22-23(14-21)33-17-32-22)15-26-25(30)19-10-12-27(13-11-19)24(29)9-6-18-4-2-1-3-5-18/h1-5,7-8,14,19-20,28H,6,9-13,15-17H2,(H,26,30). The first-order valence-electron chi connectivity index (χ1n) is 11.4. The summed E-state index contributed by atoms with van der Waals surface area (Å²) in [6, 6.07) is 15.2. The maximum absolute atomic E-state index is 12.5. The second kappa shape index (κ2) is 11.0. The third-order valence-electron chi connectivity index (χ3n) is 5.99. The maximum atomic E-state index is 12.5. The van der Waals surface area contributed by atoms with Crippen LogP contribution >= 0.6 is 0 Å². The molecule has 0 spiro atoms. The molecule has 2 aliphatic heterocycles. The third-order valence-corrected chi connectivity index (χ3v) is 5.99. The van der Waals surface area contributed by atoms with Gasteiger partial charge in [0.1, 0.15) is 18.5 Å². The Labute approximate surface area is 193 Å². The second-order valence-corrected chi connectivity index (χ2v) is 8.37. The quantitative estimate of drug-likeness (QED) is 0.603. The van der Waals surface area contributed by atoms with E-state index >= 15 is 0 Å². The molecule has 0 bridgehead atoms. The molecule has 8 nitrogen and oxygen atoms in total. The lowest BCUT2D eigenvalue weighted by atomic mass is 9.95. The van der Waals surface area contributed by atoms with Crippen LogP contribution in [-0.2, 0) is 16.0 Å². The van der Waals surface area contributed by atoms with Gasteiger partial charge in [-0.1, -0.05) is 30.3 Å². The van der Waals surface area contributed by atoms with Gasteiger partial charge in [0.15, 0.2) is 11.5 Å². The third kappa shape index (κ3) is 6.38. The van der Waals surface area contributed by atoms with Gasteiger partial charge in [-0.2, -0.15) is 0 Å². The van der Waals surface area contributed by atoms with E-state index in [2.05, 4.69) is 5.32 Å². The summed E-state index contributed by atoms with van der Waals surface area (Å²) in [6.07, 6.45) is 1.64. The highest BCUT2D eigenvalue weighted by atomic mass is 16.7. The highest BCUT2D eigenvalue weighted by Crippen LogP contribution is 2.35. The molecule has 2 aliphatic rings. The van der Waals surface area contributed by atoms with Crippen molar-refractivity contribution >= 4 is 11.8 Å². The van der Waals surface area contributed by atoms with Crippen molar-refractivity contribution in [1.82, 2.24) is 10.2 Å². The fourth-order valence-electron chi connectivity index (χ4n) is 4.03. The van der Waals surface area contributed by atoms with E-state index in [1.807, 2.05) is 35.2 Å². The molecule has 0 saturated carbocycles. The minimum atomic E-state index is -0.834. The van der Waals surface area contributed by atoms with Crippen LogP contribution in [-0.4, -0.2) is 61.0 Å². The van der Waals surface area contributed by atoms with Crippen molar-refractivity contribution in [1.29, 1.82) is 0 Å². The molecule has 8 heteroatoms. The van der Waals surface area contributed by atoms with Gasteiger partial charge in [0.25, 0.3) is 0 Å². The topological polar surface area (TPSA) is 97.3 Å². The number of carbonyl (C=O) groups is 2. The number of aryl methyl sites for hydroxylation is 1. The van der Waals surface area contributed by atoms with Gasteiger partial charge in [0, 0.05) is 38.0 Å². The Bertz CT molecular complexity index is 943. The van der Waals surface area contributed by atoms with Crippen LogP contribution in [0.15, 0.2) is 48.5 Å². The Balaban J connectivity index is 1.12. The number of nitrogens with zero attached hydrogens (tertiary/aromatic N) is 1. The Hall–Kier alpha value is -3.26. The number of aliphatic hydroxyl groups is 1. The molecule has 0 aliphatic carbocycles. The fourth-order valence-corrected chi connectivity index (χ4v) is 4.03. The number of piperidine rings is 1. The number of fused-ring (bicyclic) bond motifs is 1. The maximum Gasteiger partial charge on any atom is 0.231 e. The van der Waals surface area contributed by atoms with Crippen LogP contribution in [0.4, 0.5) is 0 Å². The molecule has 33 heavy (non-hydrogen) atoms. The summed E-state index contributed by atoms with van der Waals surface area (Å²) in [6.45, 7) is 1.52. The lowest BCUT2D eigenvalue weighted by Gasteiger charge is -2.31. The number of likely N-dealkylation sites (tertiary alicyclic amines) is 1. The molecule has 176 valence electrons. The average Bonchev–Trinajstić information content (AvgIpc) is 3.33. The molecule has 2 heterocycles. The summed E-state index contributed by atoms with van der Waals surface area (Å²) in [7, 11) is 0. The van der Waals surface area contributed by atoms with Crippen LogP contribution < -0.4 is 19.5 Å². The predicted molar refractivity (Wildman–Crippen MR) is 121 cm³/mol. The van der Waals surface area contributed by atoms with Gasteiger partial charge in [-0.05, 0) is 37.0 Å². The monoisotopic (exact) mass is 454 g/mol. The number of nitrogens with one attached hydrogen (secondary N) is 1. The Morgan fingerprint density at radius 3 is 2.64 bits per heavy atom. The van der Waals surface area contributed by atoms with E-state index in [9.17, 15) is 14.7 Å². The van der Waals surface area contributed by atoms with Crippen molar-refractivity contribution in [3.8, 4) is 17.2 Å². The van der Waals surface area contributed by atoms with Crippen LogP contribution in [0.2, 0.25) is 0 Å². The summed E-state index contributed by atoms with van der Waals surface area (Å²) >= 11 is 0. The van der Waals surface area contributed by atoms with Crippen LogP contribution in [0.25, 0.3) is 0 Å². The molecule has 2 N–H and O–H groups in total. The summed E-state index contributed by atoms with van der Waals surface area (Å²) < 4.78 is 16.1. The van der Waals surface area contributed by atoms with E-state index < -0.39 is 6.10 Å². The Morgan fingerprint density at radius 1 is 1.09 bits per heavy atom. The molecule has 1 fully saturated rings. The minimum Gasteiger partial charge on any atom is -0.491 e. The van der Waals surface area contributed by atoms with Crippen molar-refractivity contribution in [2.75, 3.05) is 33.0 Å². The summed E-state index contributed by atoms with van der Waals surface area (Å²) in [5, 5.41) is 13.0. The van der Waals surface area contributed by atoms with Gasteiger partial charge < -0.3 is 29.5 Å².